The second-order valence-corrected chi connectivity index (χ2v) is 33.7. The van der Waals surface area contributed by atoms with E-state index in [4.69, 9.17) is 39.5 Å². The number of carboxylic acid groups (broad SMARTS) is 3. The van der Waals surface area contributed by atoms with Gasteiger partial charge < -0.3 is 155 Å². The minimum atomic E-state index is -2.09. The van der Waals surface area contributed by atoms with Crippen LogP contribution in [0.4, 0.5) is 0 Å². The second kappa shape index (κ2) is 58.9. The molecular weight excluding hydrogens is 1870 g/mol. The van der Waals surface area contributed by atoms with Crippen LogP contribution in [0.5, 0.6) is 17.2 Å². The number of unbranched alkanes of at least 4 members (excludes halogenated alkanes) is 1. The van der Waals surface area contributed by atoms with Gasteiger partial charge in [-0.2, -0.15) is 0 Å². The van der Waals surface area contributed by atoms with Crippen molar-refractivity contribution in [2.24, 2.45) is 28.7 Å². The number of nitrogens with zero attached hydrogens (tertiary/aromatic N) is 1. The number of aliphatic carboxylic acids is 3. The molecule has 51 heteroatoms. The minimum Gasteiger partial charge on any atom is -0.508 e. The number of carbonyl (C=O) groups excluding carboxylic acids is 17. The summed E-state index contributed by atoms with van der Waals surface area (Å²) >= 11 is 0. The smallest absolute Gasteiger partial charge is 0.326 e. The van der Waals surface area contributed by atoms with Gasteiger partial charge in [-0.3, -0.25) is 102 Å². The number of guanidine groups is 2. The third-order valence-electron chi connectivity index (χ3n) is 22.0. The molecule has 1 aliphatic heterocycles. The fourth-order valence-electron chi connectivity index (χ4n) is 14.6. The number of primary amides is 1. The maximum absolute atomic E-state index is 14.9. The third-order valence-corrected chi connectivity index (χ3v) is 22.0. The Balaban J connectivity index is 1.14. The molecule has 1 saturated heterocycles. The van der Waals surface area contributed by atoms with Crippen LogP contribution in [0.1, 0.15) is 119 Å². The Morgan fingerprint density at radius 2 is 0.678 bits per heavy atom. The number of rotatable bonds is 60. The summed E-state index contributed by atoms with van der Waals surface area (Å²) in [7, 11) is 0. The van der Waals surface area contributed by atoms with Crippen molar-refractivity contribution in [2.75, 3.05) is 45.8 Å². The summed E-state index contributed by atoms with van der Waals surface area (Å²) in [5, 5.41) is 116. The highest BCUT2D eigenvalue weighted by molar-refractivity contribution is 6.02. The minimum absolute atomic E-state index is 0.0347. The molecular formula is C92H125N25O26. The number of carbonyl (C=O) groups is 20. The van der Waals surface area contributed by atoms with Crippen molar-refractivity contribution in [1.29, 1.82) is 10.8 Å². The molecule has 17 amide bonds. The number of phenols is 3. The van der Waals surface area contributed by atoms with Crippen LogP contribution in [0.15, 0.2) is 133 Å². The maximum atomic E-state index is 14.9. The molecule has 0 spiro atoms. The fourth-order valence-corrected chi connectivity index (χ4v) is 14.6. The molecule has 5 aromatic rings. The van der Waals surface area contributed by atoms with E-state index in [0.717, 1.165) is 6.92 Å². The van der Waals surface area contributed by atoms with E-state index in [0.29, 0.717) is 29.5 Å². The SMILES string of the molecule is C[C@H](N)C(=O)N[C@@H](CC(=O)O)C(=O)N[C@@H](CC(=O)O)C(=O)N[C@@H](Cc1ccc(O)cc1)C(=O)N[C@@H](Cc1ccc(O)cc1)C(=O)N[C@@H](Cc1ccc(O)cc1)C(=O)NCC(=O)N[C@@H](Cc1ccccc1)C(=O)NCC(=O)N[C@@H](C)C(=O)N[C@@H](CC(N)=O)C(=O)N[C@@H](CCCCN)C(=O)N[C@@H](Cc1ccccc1)C(=O)NCC(=O)N[C@@H](CCCNC(=N)N)C(=O)N1CCC[C@H]1C(=O)N[C@@H](CCCNC(=N)N)C(=O)O. The van der Waals surface area contributed by atoms with Crippen molar-refractivity contribution in [1.82, 2.24) is 95.3 Å². The first-order chi connectivity index (χ1) is 67.8. The van der Waals surface area contributed by atoms with Crippen molar-refractivity contribution in [3.8, 4) is 17.2 Å². The van der Waals surface area contributed by atoms with Gasteiger partial charge in [-0.15, -0.1) is 0 Å². The Hall–Kier alpha value is -16.6. The molecule has 35 N–H and O–H groups in total. The first-order valence-electron chi connectivity index (χ1n) is 45.6. The van der Waals surface area contributed by atoms with Crippen molar-refractivity contribution in [3.05, 3.63) is 161 Å². The van der Waals surface area contributed by atoms with Crippen LogP contribution in [-0.2, 0) is 128 Å². The molecule has 1 heterocycles. The van der Waals surface area contributed by atoms with Crippen LogP contribution in [0, 0.1) is 10.8 Å². The molecule has 0 bridgehead atoms. The number of nitrogens with two attached hydrogens (primary N) is 5. The molecule has 14 atom stereocenters. The van der Waals surface area contributed by atoms with Gasteiger partial charge in [0.2, 0.25) is 100 Å². The predicted octanol–water partition coefficient (Wildman–Crippen LogP) is -7.59. The monoisotopic (exact) mass is 2000 g/mol. The van der Waals surface area contributed by atoms with Crippen molar-refractivity contribution < 1.29 is 127 Å². The normalized spacial score (nSPS) is 14.7. The van der Waals surface area contributed by atoms with Gasteiger partial charge in [-0.05, 0) is 142 Å². The van der Waals surface area contributed by atoms with Gasteiger partial charge in [0.25, 0.3) is 0 Å². The largest absolute Gasteiger partial charge is 0.508 e. The van der Waals surface area contributed by atoms with Gasteiger partial charge in [0.1, 0.15) is 95.8 Å². The zero-order valence-corrected chi connectivity index (χ0v) is 78.4. The first kappa shape index (κ1) is 115. The highest BCUT2D eigenvalue weighted by Gasteiger charge is 2.42. The lowest BCUT2D eigenvalue weighted by Crippen LogP contribution is -2.60. The van der Waals surface area contributed by atoms with E-state index in [1.807, 2.05) is 0 Å². The Labute approximate surface area is 819 Å². The molecule has 0 saturated carbocycles. The van der Waals surface area contributed by atoms with E-state index in [9.17, 15) is 127 Å². The van der Waals surface area contributed by atoms with Crippen LogP contribution in [-0.4, -0.2) is 296 Å². The summed E-state index contributed by atoms with van der Waals surface area (Å²) < 4.78 is 0. The van der Waals surface area contributed by atoms with Gasteiger partial charge in [-0.25, -0.2) is 4.79 Å². The molecule has 5 aromatic carbocycles. The highest BCUT2D eigenvalue weighted by Crippen LogP contribution is 2.23. The molecule has 1 aliphatic rings. The number of benzene rings is 5. The van der Waals surface area contributed by atoms with Crippen LogP contribution in [0.25, 0.3) is 0 Å². The topological polar surface area (TPSA) is 848 Å². The third kappa shape index (κ3) is 41.9. The number of amides is 17. The lowest BCUT2D eigenvalue weighted by molar-refractivity contribution is -0.145. The van der Waals surface area contributed by atoms with Crippen molar-refractivity contribution >= 4 is 130 Å². The number of aromatic hydroxyl groups is 3. The van der Waals surface area contributed by atoms with E-state index in [-0.39, 0.29) is 124 Å². The van der Waals surface area contributed by atoms with Gasteiger partial charge in [0, 0.05) is 51.7 Å². The second-order valence-electron chi connectivity index (χ2n) is 33.7. The number of phenolic OH excluding ortho intramolecular Hbond substituents is 3. The van der Waals surface area contributed by atoms with Crippen molar-refractivity contribution in [2.45, 2.75) is 208 Å². The van der Waals surface area contributed by atoms with Crippen molar-refractivity contribution in [3.63, 3.8) is 0 Å². The first-order valence-corrected chi connectivity index (χ1v) is 45.6. The Morgan fingerprint density at radius 1 is 0.357 bits per heavy atom. The molecule has 1 fully saturated rings. The number of likely N-dealkylation sites (tertiary alicyclic amines) is 1. The zero-order chi connectivity index (χ0) is 106. The molecule has 0 aliphatic carbocycles. The average molecular weight is 2000 g/mol. The van der Waals surface area contributed by atoms with Crippen LogP contribution in [0.3, 0.4) is 0 Å². The Morgan fingerprint density at radius 3 is 1.06 bits per heavy atom. The number of hydrogen-bond donors (Lipinski definition) is 30. The predicted molar refractivity (Wildman–Crippen MR) is 509 cm³/mol. The summed E-state index contributed by atoms with van der Waals surface area (Å²) in [5.41, 5.74) is 29.5. The summed E-state index contributed by atoms with van der Waals surface area (Å²) in [6.07, 6.45) is -4.02. The number of hydrogen-bond acceptors (Lipinski definition) is 27. The lowest BCUT2D eigenvalue weighted by atomic mass is 10.0. The average Bonchev–Trinajstić information content (AvgIpc) is 1.73. The van der Waals surface area contributed by atoms with Gasteiger partial charge in [0.15, 0.2) is 11.9 Å². The molecule has 51 nitrogen and oxygen atoms in total. The van der Waals surface area contributed by atoms with E-state index < -0.39 is 261 Å². The number of carboxylic acids is 3. The van der Waals surface area contributed by atoms with Crippen LogP contribution in [0.2, 0.25) is 0 Å². The lowest BCUT2D eigenvalue weighted by Gasteiger charge is -2.29. The summed E-state index contributed by atoms with van der Waals surface area (Å²) in [5.74, 6) is -23.9. The van der Waals surface area contributed by atoms with Gasteiger partial charge in [-0.1, -0.05) is 97.1 Å². The van der Waals surface area contributed by atoms with E-state index in [2.05, 4.69) is 90.4 Å². The molecule has 0 radical (unpaired) electrons. The summed E-state index contributed by atoms with van der Waals surface area (Å²) in [4.78, 5) is 276. The van der Waals surface area contributed by atoms with E-state index >= 15 is 0 Å². The maximum Gasteiger partial charge on any atom is 0.326 e. The van der Waals surface area contributed by atoms with Crippen LogP contribution >= 0.6 is 0 Å². The van der Waals surface area contributed by atoms with Gasteiger partial charge >= 0.3 is 17.9 Å². The molecule has 0 aromatic heterocycles. The highest BCUT2D eigenvalue weighted by atomic mass is 16.4. The molecule has 143 heavy (non-hydrogen) atoms. The zero-order valence-electron chi connectivity index (χ0n) is 78.4. The van der Waals surface area contributed by atoms with E-state index in [1.54, 1.807) is 60.7 Å². The molecule has 6 rings (SSSR count). The fraction of sp³-hybridized carbons (Fsp3) is 0.435. The summed E-state index contributed by atoms with van der Waals surface area (Å²) in [6, 6.07) is 9.44. The Kier molecular flexibility index (Phi) is 47.4. The van der Waals surface area contributed by atoms with Gasteiger partial charge in [0.05, 0.1) is 44.9 Å². The summed E-state index contributed by atoms with van der Waals surface area (Å²) in [6.45, 7) is 0.0976. The van der Waals surface area contributed by atoms with E-state index in [1.165, 1.54) is 84.6 Å². The quantitative estimate of drug-likeness (QED) is 0.00977. The molecule has 774 valence electrons. The molecule has 0 unspecified atom stereocenters. The van der Waals surface area contributed by atoms with Crippen LogP contribution < -0.4 is 119 Å². The number of nitrogens with one attached hydrogen (secondary N) is 19. The standard InChI is InChI=1S/C92H125N25O26/c1-49(94)77(129)110-68(44-75(125)126)86(138)116-69(45-76(127)128)87(139)115-66(42-55-26-32-58(120)33-27-55)84(136)114-65(41-54-24-30-57(119)31-25-54)83(135)113-64(40-53-22-28-56(118)29-23-53)81(133)104-48-74(124)107-62(38-51-14-5-3-6-15-51)79(131)102-46-72(122)105-50(2)78(130)111-67(43-71(95)121)85(137)108-59(18-9-10-34-93)82(134)112-63(39-52-16-7-4-8-17-52)80(132)103-47-73(123)106-60(19-11-35-100-91(96)97)89(141)117-37-13-21-70(117)88(140)109-61(90(142)143)20-12-36-101-92(98)99/h3-8,14-17,22-33,49-50,59-70,118-120H,9-13,18-21,34-48,93-94H2,1-2H3,(H2,95,121)(H,102,131)(H,103,132)(H,104,133)(H,105,122)(H,106,123)(H,107,124)(H,108,137)(H,109,140)(H,110,129)(H,111,130)(H,112,134)(H,113,135)(H,114,136)(H,115,139)(H,116,138)(H,125,126)(H,127,128)(H,142,143)(H4,96,97,100)(H4,98,99,101)/t49-,50-,59-,60-,61-,62-,63-,64-,65-,66-,67-,68-,69-,70-/m0/s1. The Bertz CT molecular complexity index is 5280.